The van der Waals surface area contributed by atoms with Gasteiger partial charge in [-0.3, -0.25) is 9.59 Å². The first kappa shape index (κ1) is 50.9. The Kier molecular flexibility index (Phi) is 22.0. The number of unbranched alkanes of at least 4 members (excludes halogenated alkanes) is 15. The van der Waals surface area contributed by atoms with Crippen LogP contribution in [0.5, 0.6) is 0 Å². The summed E-state index contributed by atoms with van der Waals surface area (Å²) in [5.74, 6) is -0.813. The molecule has 0 N–H and O–H groups in total. The van der Waals surface area contributed by atoms with Gasteiger partial charge in [-0.1, -0.05) is 151 Å². The molecule has 5 rings (SSSR count). The van der Waals surface area contributed by atoms with E-state index in [2.05, 4.69) is 0 Å². The maximum atomic E-state index is 14.7. The molecule has 346 valence electrons. The molecular formula is C52H79NO9. The molecular weight excluding hydrogens is 783 g/mol. The number of rotatable bonds is 26. The summed E-state index contributed by atoms with van der Waals surface area (Å²) >= 11 is 0. The number of hydrogen-bond acceptors (Lipinski definition) is 9. The largest absolute Gasteiger partial charge is 0.554 e. The quantitative estimate of drug-likeness (QED) is 0.0227. The highest BCUT2D eigenvalue weighted by atomic mass is 16.7. The molecule has 0 saturated carbocycles. The topological polar surface area (TPSA) is 128 Å². The molecule has 0 amide bonds. The molecule has 0 aliphatic carbocycles. The van der Waals surface area contributed by atoms with E-state index < -0.39 is 24.3 Å². The van der Waals surface area contributed by atoms with Crippen LogP contribution in [0, 0.1) is 0 Å². The van der Waals surface area contributed by atoms with E-state index in [0.29, 0.717) is 36.1 Å². The van der Waals surface area contributed by atoms with Crippen LogP contribution in [0.4, 0.5) is 0 Å². The third-order valence-corrected chi connectivity index (χ3v) is 13.3. The highest BCUT2D eigenvalue weighted by Crippen LogP contribution is 2.47. The van der Waals surface area contributed by atoms with Crippen molar-refractivity contribution in [2.75, 3.05) is 13.1 Å². The summed E-state index contributed by atoms with van der Waals surface area (Å²) in [6.07, 6.45) is 25.6. The van der Waals surface area contributed by atoms with Crippen molar-refractivity contribution < 1.29 is 47.7 Å². The average Bonchev–Trinajstić information content (AvgIpc) is 3.79. The van der Waals surface area contributed by atoms with Crippen LogP contribution in [0.1, 0.15) is 193 Å². The van der Waals surface area contributed by atoms with Gasteiger partial charge in [0.15, 0.2) is 0 Å². The Hall–Kier alpha value is -3.76. The fourth-order valence-corrected chi connectivity index (χ4v) is 10.4. The van der Waals surface area contributed by atoms with Crippen LogP contribution >= 0.6 is 0 Å². The summed E-state index contributed by atoms with van der Waals surface area (Å²) in [6, 6.07) is 20.2. The molecule has 2 bridgehead atoms. The molecule has 3 aliphatic rings. The van der Waals surface area contributed by atoms with Gasteiger partial charge in [0, 0.05) is 57.8 Å². The van der Waals surface area contributed by atoms with Crippen molar-refractivity contribution in [1.82, 2.24) is 0 Å². The number of quaternary nitrogens is 1. The van der Waals surface area contributed by atoms with E-state index in [1.807, 2.05) is 81.4 Å². The molecule has 0 radical (unpaired) electrons. The van der Waals surface area contributed by atoms with Gasteiger partial charge in [0.2, 0.25) is 11.9 Å². The van der Waals surface area contributed by atoms with Crippen LogP contribution in [-0.2, 0) is 43.7 Å². The first-order chi connectivity index (χ1) is 29.9. The maximum Gasteiger partial charge on any atom is 0.348 e. The number of piperidine rings is 1. The minimum Gasteiger partial charge on any atom is -0.554 e. The van der Waals surface area contributed by atoms with Crippen LogP contribution in [0.15, 0.2) is 60.7 Å². The molecule has 1 spiro atoms. The van der Waals surface area contributed by atoms with Gasteiger partial charge in [-0.2, -0.15) is 0 Å². The van der Waals surface area contributed by atoms with E-state index in [1.54, 1.807) is 6.92 Å². The third kappa shape index (κ3) is 16.1. The van der Waals surface area contributed by atoms with E-state index in [-0.39, 0.29) is 23.6 Å². The number of carbonyl (C=O) groups is 4. The molecule has 3 saturated heterocycles. The number of esters is 3. The third-order valence-electron chi connectivity index (χ3n) is 13.3. The SMILES string of the molecule is CC(OC(=O)CCCCCCCCCCCCCCCCCCC(=O)OC(C)(C)C)OC(C(=O)OC1CC2CCC(C1)[N+]21CCCC1)(c1ccccc1)c1ccccc1.O=C[O-]. The predicted molar refractivity (Wildman–Crippen MR) is 240 cm³/mol. The van der Waals surface area contributed by atoms with E-state index >= 15 is 0 Å². The van der Waals surface area contributed by atoms with Crippen molar-refractivity contribution in [3.8, 4) is 0 Å². The molecule has 3 fully saturated rings. The monoisotopic (exact) mass is 862 g/mol. The highest BCUT2D eigenvalue weighted by Gasteiger charge is 2.57. The van der Waals surface area contributed by atoms with Crippen molar-refractivity contribution in [2.24, 2.45) is 0 Å². The zero-order chi connectivity index (χ0) is 44.7. The maximum absolute atomic E-state index is 14.7. The van der Waals surface area contributed by atoms with Gasteiger partial charge in [0.1, 0.15) is 11.7 Å². The zero-order valence-corrected chi connectivity index (χ0v) is 38.7. The second-order valence-electron chi connectivity index (χ2n) is 19.1. The fourth-order valence-electron chi connectivity index (χ4n) is 10.4. The Morgan fingerprint density at radius 2 is 1.05 bits per heavy atom. The first-order valence-electron chi connectivity index (χ1n) is 24.3. The van der Waals surface area contributed by atoms with E-state index in [1.165, 1.54) is 114 Å². The second kappa shape index (κ2) is 26.8. The molecule has 10 heteroatoms. The van der Waals surface area contributed by atoms with Gasteiger partial charge >= 0.3 is 17.9 Å². The number of hydrogen-bond donors (Lipinski definition) is 0. The Morgan fingerprint density at radius 3 is 1.45 bits per heavy atom. The lowest BCUT2D eigenvalue weighted by molar-refractivity contribution is -0.956. The Labute approximate surface area is 373 Å². The lowest BCUT2D eigenvalue weighted by Crippen LogP contribution is -2.60. The van der Waals surface area contributed by atoms with Crippen LogP contribution in [0.3, 0.4) is 0 Å². The molecule has 3 unspecified atom stereocenters. The van der Waals surface area contributed by atoms with E-state index in [4.69, 9.17) is 28.8 Å². The van der Waals surface area contributed by atoms with E-state index in [0.717, 1.165) is 44.9 Å². The number of carbonyl (C=O) groups excluding carboxylic acids is 4. The summed E-state index contributed by atoms with van der Waals surface area (Å²) < 4.78 is 25.7. The average molecular weight is 862 g/mol. The zero-order valence-electron chi connectivity index (χ0n) is 38.7. The minimum absolute atomic E-state index is 0.0735. The normalized spacial score (nSPS) is 19.6. The van der Waals surface area contributed by atoms with Gasteiger partial charge in [-0.15, -0.1) is 0 Å². The van der Waals surface area contributed by atoms with Crippen molar-refractivity contribution in [2.45, 2.75) is 217 Å². The standard InChI is InChI=1S/C51H78NO7.CH2O2/c1-41(56-47(53)33-25-17-15-13-11-9-7-5-6-8-10-12-14-16-18-26-34-48(54)59-50(2,3)4)58-51(42-29-21-19-22-30-42,43-31-23-20-24-32-43)49(55)57-46-39-44-35-36-45(40-46)52(44)37-27-28-38-52;2-1-3/h19-24,29-32,41,44-46H,5-18,25-28,33-40H2,1-4H3;1H,(H,2,3)/q+1;/p-1. The fraction of sp³-hybridized carbons (Fsp3) is 0.692. The summed E-state index contributed by atoms with van der Waals surface area (Å²) in [5, 5.41) is 8.25. The van der Waals surface area contributed by atoms with Gasteiger partial charge in [0.25, 0.3) is 0 Å². The number of benzene rings is 2. The van der Waals surface area contributed by atoms with Crippen molar-refractivity contribution in [3.05, 3.63) is 71.8 Å². The van der Waals surface area contributed by atoms with Crippen LogP contribution in [0.2, 0.25) is 0 Å². The smallest absolute Gasteiger partial charge is 0.348 e. The van der Waals surface area contributed by atoms with Gasteiger partial charge in [-0.05, 0) is 51.7 Å². The highest BCUT2D eigenvalue weighted by molar-refractivity contribution is 5.86. The van der Waals surface area contributed by atoms with Crippen LogP contribution in [-0.4, -0.2) is 72.0 Å². The molecule has 3 aliphatic heterocycles. The number of nitrogens with zero attached hydrogens (tertiary/aromatic N) is 1. The Morgan fingerprint density at radius 1 is 0.661 bits per heavy atom. The molecule has 62 heavy (non-hydrogen) atoms. The van der Waals surface area contributed by atoms with Gasteiger partial charge in [0.05, 0.1) is 25.2 Å². The summed E-state index contributed by atoms with van der Waals surface area (Å²) in [7, 11) is 0. The molecule has 2 aromatic rings. The molecule has 2 aromatic carbocycles. The molecule has 0 aromatic heterocycles. The van der Waals surface area contributed by atoms with Crippen LogP contribution < -0.4 is 5.11 Å². The van der Waals surface area contributed by atoms with E-state index in [9.17, 15) is 14.4 Å². The van der Waals surface area contributed by atoms with Crippen molar-refractivity contribution >= 4 is 24.4 Å². The second-order valence-corrected chi connectivity index (χ2v) is 19.1. The number of ether oxygens (including phenoxy) is 4. The lowest BCUT2D eigenvalue weighted by Gasteiger charge is -2.47. The van der Waals surface area contributed by atoms with Gasteiger partial charge < -0.3 is 33.3 Å². The van der Waals surface area contributed by atoms with Gasteiger partial charge in [-0.25, -0.2) is 4.79 Å². The molecule has 3 heterocycles. The van der Waals surface area contributed by atoms with Crippen molar-refractivity contribution in [1.29, 1.82) is 0 Å². The number of carboxylic acid groups (broad SMARTS) is 1. The Balaban J connectivity index is 0.00000273. The Bertz CT molecular complexity index is 1530. The lowest BCUT2D eigenvalue weighted by atomic mass is 9.85. The molecule has 3 atom stereocenters. The summed E-state index contributed by atoms with van der Waals surface area (Å²) in [4.78, 5) is 47.8. The predicted octanol–water partition coefficient (Wildman–Crippen LogP) is 10.4. The van der Waals surface area contributed by atoms with Crippen molar-refractivity contribution in [3.63, 3.8) is 0 Å². The summed E-state index contributed by atoms with van der Waals surface area (Å²) in [6.45, 7) is 9.51. The molecule has 10 nitrogen and oxygen atoms in total. The minimum atomic E-state index is -1.58. The summed E-state index contributed by atoms with van der Waals surface area (Å²) in [5.41, 5.74) is -0.634. The van der Waals surface area contributed by atoms with Crippen LogP contribution in [0.25, 0.3) is 0 Å². The first-order valence-corrected chi connectivity index (χ1v) is 24.3.